The van der Waals surface area contributed by atoms with Crippen LogP contribution in [0.2, 0.25) is 0 Å². The maximum atomic E-state index is 11.6. The first kappa shape index (κ1) is 22.9. The summed E-state index contributed by atoms with van der Waals surface area (Å²) in [4.78, 5) is 0. The molecule has 0 N–H and O–H groups in total. The van der Waals surface area contributed by atoms with E-state index in [0.717, 1.165) is 18.8 Å². The molecule has 2 rings (SSSR count). The van der Waals surface area contributed by atoms with Crippen molar-refractivity contribution in [3.05, 3.63) is 0 Å². The van der Waals surface area contributed by atoms with Gasteiger partial charge in [0.25, 0.3) is 30.4 Å². The summed E-state index contributed by atoms with van der Waals surface area (Å²) in [5.41, 5.74) is 0. The van der Waals surface area contributed by atoms with E-state index in [9.17, 15) is 25.3 Å². The quantitative estimate of drug-likeness (QED) is 0.393. The van der Waals surface area contributed by atoms with Crippen LogP contribution in [0.5, 0.6) is 0 Å². The third-order valence-corrected chi connectivity index (χ3v) is 5.16. The maximum absolute atomic E-state index is 11.6. The summed E-state index contributed by atoms with van der Waals surface area (Å²) in [7, 11) is -12.0. The van der Waals surface area contributed by atoms with Gasteiger partial charge in [-0.2, -0.15) is 25.3 Å². The van der Waals surface area contributed by atoms with Gasteiger partial charge in [0.05, 0.1) is 25.4 Å². The molecule has 5 atom stereocenters. The van der Waals surface area contributed by atoms with Gasteiger partial charge in [-0.3, -0.25) is 12.5 Å². The molecule has 12 nitrogen and oxygen atoms in total. The van der Waals surface area contributed by atoms with E-state index in [1.165, 1.54) is 0 Å². The Balaban J connectivity index is 2.33. The zero-order valence-electron chi connectivity index (χ0n) is 15.2. The molecule has 0 spiro atoms. The van der Waals surface area contributed by atoms with Crippen molar-refractivity contribution in [3.8, 4) is 0 Å². The van der Waals surface area contributed by atoms with Crippen LogP contribution in [0.25, 0.3) is 0 Å². The molecule has 0 saturated carbocycles. The van der Waals surface area contributed by atoms with Gasteiger partial charge >= 0.3 is 0 Å². The Morgan fingerprint density at radius 1 is 0.926 bits per heavy atom. The molecule has 0 radical (unpaired) electrons. The number of fused-ring (bicyclic) bond motifs is 1. The second-order valence-electron chi connectivity index (χ2n) is 6.66. The fourth-order valence-electron chi connectivity index (χ4n) is 2.71. The summed E-state index contributed by atoms with van der Waals surface area (Å²) in [6.07, 6.45) is -4.10. The summed E-state index contributed by atoms with van der Waals surface area (Å²) >= 11 is 0. The van der Waals surface area contributed by atoms with Crippen LogP contribution in [0.3, 0.4) is 0 Å². The van der Waals surface area contributed by atoms with E-state index in [1.807, 2.05) is 0 Å². The van der Waals surface area contributed by atoms with Crippen molar-refractivity contribution < 1.29 is 52.0 Å². The third kappa shape index (κ3) is 6.86. The molecule has 15 heteroatoms. The molecule has 0 bridgehead atoms. The zero-order chi connectivity index (χ0) is 20.8. The predicted octanol–water partition coefficient (Wildman–Crippen LogP) is -1.47. The minimum Gasteiger partial charge on any atom is -0.341 e. The van der Waals surface area contributed by atoms with E-state index >= 15 is 0 Å². The molecule has 160 valence electrons. The molecule has 0 aromatic heterocycles. The van der Waals surface area contributed by atoms with Gasteiger partial charge in [0, 0.05) is 0 Å². The maximum Gasteiger partial charge on any atom is 0.264 e. The van der Waals surface area contributed by atoms with Crippen molar-refractivity contribution in [1.82, 2.24) is 0 Å². The van der Waals surface area contributed by atoms with Crippen LogP contribution in [0, 0.1) is 0 Å². The smallest absolute Gasteiger partial charge is 0.264 e. The molecular formula is C12H22O12S3. The van der Waals surface area contributed by atoms with Gasteiger partial charge in [-0.1, -0.05) is 0 Å². The average molecular weight is 454 g/mol. The summed E-state index contributed by atoms with van der Waals surface area (Å²) < 4.78 is 100. The molecule has 0 aliphatic carbocycles. The average Bonchev–Trinajstić information content (AvgIpc) is 2.84. The zero-order valence-corrected chi connectivity index (χ0v) is 17.7. The standard InChI is InChI=1S/C12H22O12S3/c1-12(2)21-10-9(24-27(5,17)18)8(20-11(10)22-12)7(23-26(4,15)16)6-19-25(3,13)14/h7-11H,6H2,1-5H3/t7?,8-,9+,10-,11-/m1/s1. The molecule has 2 aliphatic heterocycles. The predicted molar refractivity (Wildman–Crippen MR) is 88.9 cm³/mol. The first-order valence-corrected chi connectivity index (χ1v) is 13.0. The molecule has 0 aromatic carbocycles. The van der Waals surface area contributed by atoms with Gasteiger partial charge in [-0.05, 0) is 13.8 Å². The molecule has 2 saturated heterocycles. The Morgan fingerprint density at radius 3 is 2.00 bits per heavy atom. The molecule has 2 heterocycles. The first-order chi connectivity index (χ1) is 12.0. The fourth-order valence-corrected chi connectivity index (χ4v) is 4.33. The minimum absolute atomic E-state index is 0.735. The van der Waals surface area contributed by atoms with Crippen LogP contribution in [-0.2, 0) is 57.1 Å². The van der Waals surface area contributed by atoms with Crippen LogP contribution in [-0.4, -0.2) is 87.1 Å². The van der Waals surface area contributed by atoms with Crippen LogP contribution in [0.1, 0.15) is 13.8 Å². The molecule has 2 aliphatic rings. The van der Waals surface area contributed by atoms with Crippen LogP contribution in [0.15, 0.2) is 0 Å². The monoisotopic (exact) mass is 454 g/mol. The van der Waals surface area contributed by atoms with Crippen LogP contribution in [0.4, 0.5) is 0 Å². The summed E-state index contributed by atoms with van der Waals surface area (Å²) in [6.45, 7) is 2.37. The van der Waals surface area contributed by atoms with E-state index in [2.05, 4.69) is 4.18 Å². The SMILES string of the molecule is CC1(C)O[C@H]2O[C@H](C(COS(C)(=O)=O)OS(C)(=O)=O)[C@H](OS(C)(=O)=O)[C@H]2O1. The minimum atomic E-state index is -4.08. The van der Waals surface area contributed by atoms with Crippen LogP contribution >= 0.6 is 0 Å². The number of rotatable bonds is 8. The summed E-state index contributed by atoms with van der Waals surface area (Å²) in [5.74, 6) is -1.10. The lowest BCUT2D eigenvalue weighted by Crippen LogP contribution is -2.47. The highest BCUT2D eigenvalue weighted by molar-refractivity contribution is 7.86. The summed E-state index contributed by atoms with van der Waals surface area (Å²) in [5, 5.41) is 0. The van der Waals surface area contributed by atoms with E-state index < -0.39 is 73.5 Å². The van der Waals surface area contributed by atoms with Gasteiger partial charge in [0.15, 0.2) is 12.1 Å². The van der Waals surface area contributed by atoms with Crippen molar-refractivity contribution >= 4 is 30.4 Å². The lowest BCUT2D eigenvalue weighted by molar-refractivity contribution is -0.222. The molecule has 0 amide bonds. The van der Waals surface area contributed by atoms with Gasteiger partial charge in [-0.25, -0.2) is 0 Å². The molecule has 2 fully saturated rings. The highest BCUT2D eigenvalue weighted by Crippen LogP contribution is 2.40. The van der Waals surface area contributed by atoms with Crippen molar-refractivity contribution in [2.75, 3.05) is 25.4 Å². The van der Waals surface area contributed by atoms with Crippen molar-refractivity contribution in [2.45, 2.75) is 50.3 Å². The molecular weight excluding hydrogens is 432 g/mol. The van der Waals surface area contributed by atoms with E-state index in [1.54, 1.807) is 13.8 Å². The van der Waals surface area contributed by atoms with Crippen LogP contribution < -0.4 is 0 Å². The van der Waals surface area contributed by atoms with Gasteiger partial charge in [0.2, 0.25) is 0 Å². The first-order valence-electron chi connectivity index (χ1n) is 7.58. The lowest BCUT2D eigenvalue weighted by Gasteiger charge is -2.29. The fraction of sp³-hybridized carbons (Fsp3) is 1.00. The lowest BCUT2D eigenvalue weighted by atomic mass is 10.1. The second-order valence-corrected chi connectivity index (χ2v) is 11.5. The number of ether oxygens (including phenoxy) is 3. The number of hydrogen-bond acceptors (Lipinski definition) is 12. The van der Waals surface area contributed by atoms with Gasteiger partial charge in [-0.15, -0.1) is 0 Å². The Kier molecular flexibility index (Phi) is 6.32. The Morgan fingerprint density at radius 2 is 1.52 bits per heavy atom. The molecule has 27 heavy (non-hydrogen) atoms. The largest absolute Gasteiger partial charge is 0.341 e. The van der Waals surface area contributed by atoms with E-state index in [4.69, 9.17) is 22.6 Å². The van der Waals surface area contributed by atoms with E-state index in [-0.39, 0.29) is 0 Å². The Bertz CT molecular complexity index is 859. The normalized spacial score (nSPS) is 32.3. The van der Waals surface area contributed by atoms with Gasteiger partial charge in [0.1, 0.15) is 24.4 Å². The molecule has 1 unspecified atom stereocenters. The van der Waals surface area contributed by atoms with Crippen molar-refractivity contribution in [2.24, 2.45) is 0 Å². The Hall–Kier alpha value is -0.390. The number of hydrogen-bond donors (Lipinski definition) is 0. The van der Waals surface area contributed by atoms with Crippen molar-refractivity contribution in [1.29, 1.82) is 0 Å². The molecule has 0 aromatic rings. The van der Waals surface area contributed by atoms with Crippen molar-refractivity contribution in [3.63, 3.8) is 0 Å². The topological polar surface area (TPSA) is 158 Å². The Labute approximate surface area is 158 Å². The van der Waals surface area contributed by atoms with Gasteiger partial charge < -0.3 is 14.2 Å². The highest BCUT2D eigenvalue weighted by Gasteiger charge is 2.59. The third-order valence-electron chi connectivity index (χ3n) is 3.42. The highest BCUT2D eigenvalue weighted by atomic mass is 32.2. The second kappa shape index (κ2) is 7.46. The van der Waals surface area contributed by atoms with E-state index in [0.29, 0.717) is 0 Å². The summed E-state index contributed by atoms with van der Waals surface area (Å²) in [6, 6.07) is 0.